The van der Waals surface area contributed by atoms with Gasteiger partial charge in [-0.25, -0.2) is 4.98 Å². The molecule has 3 rings (SSSR count). The molecule has 0 saturated carbocycles. The van der Waals surface area contributed by atoms with Gasteiger partial charge in [-0.3, -0.25) is 0 Å². The van der Waals surface area contributed by atoms with Crippen LogP contribution in [0.25, 0.3) is 0 Å². The first-order valence-electron chi connectivity index (χ1n) is 5.53. The van der Waals surface area contributed by atoms with Crippen LogP contribution in [-0.4, -0.2) is 30.7 Å². The van der Waals surface area contributed by atoms with Gasteiger partial charge in [0.1, 0.15) is 5.15 Å². The third kappa shape index (κ3) is 1.77. The Morgan fingerprint density at radius 2 is 2.25 bits per heavy atom. The highest BCUT2D eigenvalue weighted by Crippen LogP contribution is 2.31. The molecule has 1 aromatic rings. The lowest BCUT2D eigenvalue weighted by atomic mass is 10.1. The van der Waals surface area contributed by atoms with Gasteiger partial charge in [0.05, 0.1) is 16.9 Å². The third-order valence-electron chi connectivity index (χ3n) is 3.51. The van der Waals surface area contributed by atoms with Crippen LogP contribution >= 0.6 is 23.2 Å². The second kappa shape index (κ2) is 4.06. The summed E-state index contributed by atoms with van der Waals surface area (Å²) in [5, 5.41) is 4.43. The largest absolute Gasteiger partial charge is 0.368 e. The van der Waals surface area contributed by atoms with Gasteiger partial charge in [0.15, 0.2) is 0 Å². The molecule has 0 radical (unpaired) electrons. The molecule has 16 heavy (non-hydrogen) atoms. The molecule has 3 heterocycles. The van der Waals surface area contributed by atoms with Crippen molar-refractivity contribution in [3.05, 3.63) is 22.4 Å². The zero-order valence-corrected chi connectivity index (χ0v) is 10.3. The van der Waals surface area contributed by atoms with Crippen molar-refractivity contribution in [2.24, 2.45) is 5.92 Å². The number of pyridine rings is 1. The van der Waals surface area contributed by atoms with Gasteiger partial charge in [-0.05, 0) is 24.9 Å². The number of halogens is 2. The first kappa shape index (κ1) is 10.6. The van der Waals surface area contributed by atoms with Crippen molar-refractivity contribution in [1.82, 2.24) is 10.3 Å². The maximum Gasteiger partial charge on any atom is 0.147 e. The van der Waals surface area contributed by atoms with E-state index in [9.17, 15) is 0 Å². The Kier molecular flexibility index (Phi) is 2.70. The van der Waals surface area contributed by atoms with Crippen molar-refractivity contribution < 1.29 is 0 Å². The third-order valence-corrected chi connectivity index (χ3v) is 4.20. The SMILES string of the molecule is Clc1cc(N2CC3CCN[C@@H]3C2)cnc1Cl. The highest BCUT2D eigenvalue weighted by molar-refractivity contribution is 6.41. The molecule has 0 aliphatic carbocycles. The minimum Gasteiger partial charge on any atom is -0.368 e. The summed E-state index contributed by atoms with van der Waals surface area (Å²) in [5.74, 6) is 0.773. The number of nitrogens with zero attached hydrogens (tertiary/aromatic N) is 2. The van der Waals surface area contributed by atoms with Gasteiger partial charge >= 0.3 is 0 Å². The molecule has 0 amide bonds. The van der Waals surface area contributed by atoms with Crippen LogP contribution in [0, 0.1) is 5.92 Å². The normalized spacial score (nSPS) is 28.5. The van der Waals surface area contributed by atoms with Crippen molar-refractivity contribution in [2.75, 3.05) is 24.5 Å². The molecule has 0 spiro atoms. The lowest BCUT2D eigenvalue weighted by Gasteiger charge is -2.19. The summed E-state index contributed by atoms with van der Waals surface area (Å²) >= 11 is 11.8. The quantitative estimate of drug-likeness (QED) is 0.782. The van der Waals surface area contributed by atoms with Gasteiger partial charge in [0.2, 0.25) is 0 Å². The number of rotatable bonds is 1. The molecule has 1 unspecified atom stereocenters. The second-order valence-electron chi connectivity index (χ2n) is 4.48. The molecule has 86 valence electrons. The van der Waals surface area contributed by atoms with Crippen LogP contribution in [0.2, 0.25) is 10.2 Å². The summed E-state index contributed by atoms with van der Waals surface area (Å²) in [6.45, 7) is 3.30. The Bertz CT molecular complexity index is 398. The van der Waals surface area contributed by atoms with Gasteiger partial charge in [-0.2, -0.15) is 0 Å². The van der Waals surface area contributed by atoms with E-state index in [1.807, 2.05) is 6.07 Å². The number of aromatic nitrogens is 1. The average molecular weight is 258 g/mol. The van der Waals surface area contributed by atoms with Crippen LogP contribution in [0.3, 0.4) is 0 Å². The molecule has 2 aliphatic heterocycles. The Balaban J connectivity index is 1.81. The molecule has 2 atom stereocenters. The molecule has 0 bridgehead atoms. The molecule has 1 N–H and O–H groups in total. The molecular weight excluding hydrogens is 245 g/mol. The molecule has 2 saturated heterocycles. The van der Waals surface area contributed by atoms with Crippen molar-refractivity contribution in [3.8, 4) is 0 Å². The zero-order valence-electron chi connectivity index (χ0n) is 8.79. The lowest BCUT2D eigenvalue weighted by molar-refractivity contribution is 0.556. The zero-order chi connectivity index (χ0) is 11.1. The van der Waals surface area contributed by atoms with E-state index < -0.39 is 0 Å². The first-order chi connectivity index (χ1) is 7.74. The van der Waals surface area contributed by atoms with E-state index in [1.165, 1.54) is 6.42 Å². The van der Waals surface area contributed by atoms with E-state index in [-0.39, 0.29) is 0 Å². The van der Waals surface area contributed by atoms with E-state index in [0.29, 0.717) is 16.2 Å². The molecular formula is C11H13Cl2N3. The minimum absolute atomic E-state index is 0.378. The van der Waals surface area contributed by atoms with Crippen LogP contribution in [0.15, 0.2) is 12.3 Å². The standard InChI is InChI=1S/C11H13Cl2N3/c12-9-3-8(4-15-11(9)13)16-5-7-1-2-14-10(7)6-16/h3-4,7,10,14H,1-2,5-6H2/t7?,10-/m1/s1. The van der Waals surface area contributed by atoms with Gasteiger partial charge in [0, 0.05) is 19.1 Å². The second-order valence-corrected chi connectivity index (χ2v) is 5.25. The number of fused-ring (bicyclic) bond motifs is 1. The highest BCUT2D eigenvalue weighted by Gasteiger charge is 2.36. The monoisotopic (exact) mass is 257 g/mol. The van der Waals surface area contributed by atoms with Crippen molar-refractivity contribution in [3.63, 3.8) is 0 Å². The lowest BCUT2D eigenvalue weighted by Crippen LogP contribution is -2.30. The van der Waals surface area contributed by atoms with E-state index in [4.69, 9.17) is 23.2 Å². The van der Waals surface area contributed by atoms with Gasteiger partial charge in [-0.15, -0.1) is 0 Å². The van der Waals surface area contributed by atoms with Gasteiger partial charge in [-0.1, -0.05) is 23.2 Å². The van der Waals surface area contributed by atoms with Crippen LogP contribution in [0.1, 0.15) is 6.42 Å². The van der Waals surface area contributed by atoms with Crippen LogP contribution in [0.4, 0.5) is 5.69 Å². The van der Waals surface area contributed by atoms with Crippen molar-refractivity contribution in [2.45, 2.75) is 12.5 Å². The smallest absolute Gasteiger partial charge is 0.147 e. The van der Waals surface area contributed by atoms with E-state index in [2.05, 4.69) is 15.2 Å². The van der Waals surface area contributed by atoms with Gasteiger partial charge < -0.3 is 10.2 Å². The predicted octanol–water partition coefficient (Wildman–Crippen LogP) is 2.19. The first-order valence-corrected chi connectivity index (χ1v) is 6.29. The summed E-state index contributed by atoms with van der Waals surface area (Å²) in [6, 6.07) is 2.53. The molecule has 5 heteroatoms. The molecule has 2 fully saturated rings. The summed E-state index contributed by atoms with van der Waals surface area (Å²) in [4.78, 5) is 6.42. The van der Waals surface area contributed by atoms with E-state index >= 15 is 0 Å². The average Bonchev–Trinajstić information content (AvgIpc) is 2.81. The van der Waals surface area contributed by atoms with E-state index in [1.54, 1.807) is 6.20 Å². The summed E-state index contributed by atoms with van der Waals surface area (Å²) in [5.41, 5.74) is 1.07. The minimum atomic E-state index is 0.378. The predicted molar refractivity (Wildman–Crippen MR) is 66.4 cm³/mol. The van der Waals surface area contributed by atoms with Crippen LogP contribution < -0.4 is 10.2 Å². The Labute approximate surface area is 105 Å². The summed E-state index contributed by atoms with van der Waals surface area (Å²) in [6.07, 6.45) is 3.07. The fourth-order valence-corrected chi connectivity index (χ4v) is 2.91. The number of hydrogen-bond donors (Lipinski definition) is 1. The van der Waals surface area contributed by atoms with Gasteiger partial charge in [0.25, 0.3) is 0 Å². The summed E-state index contributed by atoms with van der Waals surface area (Å²) in [7, 11) is 0. The Morgan fingerprint density at radius 3 is 3.00 bits per heavy atom. The molecule has 3 nitrogen and oxygen atoms in total. The Morgan fingerprint density at radius 1 is 1.38 bits per heavy atom. The fraction of sp³-hybridized carbons (Fsp3) is 0.545. The molecule has 1 aromatic heterocycles. The molecule has 0 aromatic carbocycles. The van der Waals surface area contributed by atoms with E-state index in [0.717, 1.165) is 31.2 Å². The van der Waals surface area contributed by atoms with Crippen molar-refractivity contribution in [1.29, 1.82) is 0 Å². The van der Waals surface area contributed by atoms with Crippen molar-refractivity contribution >= 4 is 28.9 Å². The number of anilines is 1. The highest BCUT2D eigenvalue weighted by atomic mass is 35.5. The van der Waals surface area contributed by atoms with Crippen LogP contribution in [-0.2, 0) is 0 Å². The summed E-state index contributed by atoms with van der Waals surface area (Å²) < 4.78 is 0. The maximum absolute atomic E-state index is 5.98. The topological polar surface area (TPSA) is 28.2 Å². The number of hydrogen-bond acceptors (Lipinski definition) is 3. The Hall–Kier alpha value is -0.510. The number of nitrogens with one attached hydrogen (secondary N) is 1. The molecule has 2 aliphatic rings. The fourth-order valence-electron chi connectivity index (χ4n) is 2.64. The maximum atomic E-state index is 5.98. The van der Waals surface area contributed by atoms with Crippen LogP contribution in [0.5, 0.6) is 0 Å².